The molecule has 0 unspecified atom stereocenters. The average Bonchev–Trinajstić information content (AvgIpc) is 2.88. The molecule has 0 atom stereocenters. The number of rotatable bonds is 4. The van der Waals surface area contributed by atoms with E-state index in [0.717, 1.165) is 52.3 Å². The molecule has 1 fully saturated rings. The zero-order chi connectivity index (χ0) is 21.9. The van der Waals surface area contributed by atoms with Crippen LogP contribution in [0.1, 0.15) is 10.4 Å². The first-order chi connectivity index (χ1) is 15.7. The maximum absolute atomic E-state index is 13.0. The van der Waals surface area contributed by atoms with E-state index in [1.54, 1.807) is 7.11 Å². The van der Waals surface area contributed by atoms with Gasteiger partial charge in [-0.25, -0.2) is 0 Å². The minimum Gasteiger partial charge on any atom is -0.496 e. The molecule has 1 aromatic heterocycles. The van der Waals surface area contributed by atoms with Gasteiger partial charge < -0.3 is 14.5 Å². The summed E-state index contributed by atoms with van der Waals surface area (Å²) < 4.78 is 5.42. The number of anilines is 1. The second-order valence-corrected chi connectivity index (χ2v) is 7.82. The van der Waals surface area contributed by atoms with Gasteiger partial charge in [-0.1, -0.05) is 42.5 Å². The Bertz CT molecular complexity index is 1250. The van der Waals surface area contributed by atoms with Crippen molar-refractivity contribution in [1.82, 2.24) is 15.1 Å². The lowest BCUT2D eigenvalue weighted by Crippen LogP contribution is -2.49. The van der Waals surface area contributed by atoms with Crippen molar-refractivity contribution >= 4 is 22.5 Å². The number of benzene rings is 3. The largest absolute Gasteiger partial charge is 0.496 e. The predicted molar refractivity (Wildman–Crippen MR) is 126 cm³/mol. The summed E-state index contributed by atoms with van der Waals surface area (Å²) in [5.74, 6) is 1.67. The van der Waals surface area contributed by atoms with Crippen molar-refractivity contribution in [3.63, 3.8) is 0 Å². The van der Waals surface area contributed by atoms with Crippen molar-refractivity contribution < 1.29 is 9.53 Å². The van der Waals surface area contributed by atoms with E-state index in [-0.39, 0.29) is 5.91 Å². The number of methoxy groups -OCH3 is 1. The third-order valence-corrected chi connectivity index (χ3v) is 5.92. The Morgan fingerprint density at radius 1 is 0.812 bits per heavy atom. The predicted octanol–water partition coefficient (Wildman–Crippen LogP) is 4.27. The number of carbonyl (C=O) groups is 1. The Hall–Kier alpha value is -3.93. The molecule has 0 N–H and O–H groups in total. The molecule has 0 spiro atoms. The molecule has 1 aliphatic heterocycles. The van der Waals surface area contributed by atoms with E-state index in [1.165, 1.54) is 0 Å². The minimum absolute atomic E-state index is 0.0769. The number of aromatic nitrogens is 2. The van der Waals surface area contributed by atoms with Crippen molar-refractivity contribution in [2.24, 2.45) is 0 Å². The normalized spacial score (nSPS) is 13.9. The van der Waals surface area contributed by atoms with E-state index < -0.39 is 0 Å². The van der Waals surface area contributed by atoms with Gasteiger partial charge in [0.05, 0.1) is 12.8 Å². The number of hydrogen-bond acceptors (Lipinski definition) is 5. The number of hydrogen-bond donors (Lipinski definition) is 0. The van der Waals surface area contributed by atoms with Gasteiger partial charge in [-0.2, -0.15) is 0 Å². The fourth-order valence-electron chi connectivity index (χ4n) is 4.14. The van der Waals surface area contributed by atoms with Gasteiger partial charge in [-0.3, -0.25) is 4.79 Å². The van der Waals surface area contributed by atoms with Crippen LogP contribution in [0.4, 0.5) is 5.82 Å². The van der Waals surface area contributed by atoms with Crippen molar-refractivity contribution in [1.29, 1.82) is 0 Å². The maximum atomic E-state index is 13.0. The van der Waals surface area contributed by atoms with Gasteiger partial charge in [-0.15, -0.1) is 10.2 Å². The third kappa shape index (κ3) is 3.87. The second-order valence-electron chi connectivity index (χ2n) is 7.82. The van der Waals surface area contributed by atoms with Crippen LogP contribution in [0.3, 0.4) is 0 Å². The molecular formula is C26H24N4O2. The molecule has 0 radical (unpaired) electrons. The first-order valence-electron chi connectivity index (χ1n) is 10.7. The van der Waals surface area contributed by atoms with Crippen molar-refractivity contribution in [2.45, 2.75) is 0 Å². The van der Waals surface area contributed by atoms with Gasteiger partial charge in [-0.05, 0) is 47.2 Å². The molecule has 5 rings (SSSR count). The summed E-state index contributed by atoms with van der Waals surface area (Å²) >= 11 is 0. The summed E-state index contributed by atoms with van der Waals surface area (Å²) in [6.07, 6.45) is 0. The standard InChI is InChI=1S/C26H24N4O2/c1-32-24-9-5-4-8-22(24)23-12-13-25(28-27-23)29-14-16-30(17-15-29)26(31)21-11-10-19-6-2-3-7-20(19)18-21/h2-13,18H,14-17H2,1H3. The smallest absolute Gasteiger partial charge is 0.253 e. The Kier molecular flexibility index (Phi) is 5.42. The number of piperazine rings is 1. The lowest BCUT2D eigenvalue weighted by molar-refractivity contribution is 0.0746. The van der Waals surface area contributed by atoms with Crippen molar-refractivity contribution in [3.05, 3.63) is 84.4 Å². The Morgan fingerprint density at radius 3 is 2.31 bits per heavy atom. The van der Waals surface area contributed by atoms with Crippen LogP contribution in [-0.4, -0.2) is 54.3 Å². The van der Waals surface area contributed by atoms with E-state index in [4.69, 9.17) is 4.74 Å². The Labute approximate surface area is 187 Å². The SMILES string of the molecule is COc1ccccc1-c1ccc(N2CCN(C(=O)c3ccc4ccccc4c3)CC2)nn1. The Balaban J connectivity index is 1.25. The van der Waals surface area contributed by atoms with Gasteiger partial charge in [0.2, 0.25) is 0 Å². The van der Waals surface area contributed by atoms with Crippen LogP contribution in [-0.2, 0) is 0 Å². The molecule has 6 nitrogen and oxygen atoms in total. The second kappa shape index (κ2) is 8.67. The topological polar surface area (TPSA) is 58.6 Å². The van der Waals surface area contributed by atoms with Gasteiger partial charge >= 0.3 is 0 Å². The van der Waals surface area contributed by atoms with E-state index in [1.807, 2.05) is 77.7 Å². The van der Waals surface area contributed by atoms with Crippen molar-refractivity contribution in [2.75, 3.05) is 38.2 Å². The summed E-state index contributed by atoms with van der Waals surface area (Å²) in [6, 6.07) is 25.7. The van der Waals surface area contributed by atoms with E-state index in [2.05, 4.69) is 21.2 Å². The Morgan fingerprint density at radius 2 is 1.56 bits per heavy atom. The molecule has 0 bridgehead atoms. The minimum atomic E-state index is 0.0769. The number of carbonyl (C=O) groups excluding carboxylic acids is 1. The van der Waals surface area contributed by atoms with E-state index in [0.29, 0.717) is 13.1 Å². The van der Waals surface area contributed by atoms with Gasteiger partial charge in [0.25, 0.3) is 5.91 Å². The first kappa shape index (κ1) is 20.0. The molecular weight excluding hydrogens is 400 g/mol. The number of para-hydroxylation sites is 1. The van der Waals surface area contributed by atoms with Crippen LogP contribution >= 0.6 is 0 Å². The first-order valence-corrected chi connectivity index (χ1v) is 10.7. The fourth-order valence-corrected chi connectivity index (χ4v) is 4.14. The highest BCUT2D eigenvalue weighted by Gasteiger charge is 2.23. The molecule has 0 saturated carbocycles. The van der Waals surface area contributed by atoms with Gasteiger partial charge in [0, 0.05) is 37.3 Å². The molecule has 4 aromatic rings. The number of amides is 1. The van der Waals surface area contributed by atoms with Gasteiger partial charge in [0.15, 0.2) is 5.82 Å². The molecule has 160 valence electrons. The molecule has 6 heteroatoms. The highest BCUT2D eigenvalue weighted by Crippen LogP contribution is 2.28. The van der Waals surface area contributed by atoms with Crippen LogP contribution in [0.5, 0.6) is 5.75 Å². The molecule has 2 heterocycles. The zero-order valence-electron chi connectivity index (χ0n) is 17.9. The lowest BCUT2D eigenvalue weighted by Gasteiger charge is -2.35. The number of ether oxygens (including phenoxy) is 1. The van der Waals surface area contributed by atoms with Crippen LogP contribution in [0, 0.1) is 0 Å². The summed E-state index contributed by atoms with van der Waals surface area (Å²) in [5.41, 5.74) is 2.43. The summed E-state index contributed by atoms with van der Waals surface area (Å²) in [7, 11) is 1.65. The summed E-state index contributed by atoms with van der Waals surface area (Å²) in [4.78, 5) is 17.1. The van der Waals surface area contributed by atoms with E-state index >= 15 is 0 Å². The van der Waals surface area contributed by atoms with E-state index in [9.17, 15) is 4.79 Å². The number of fused-ring (bicyclic) bond motifs is 1. The highest BCUT2D eigenvalue weighted by atomic mass is 16.5. The molecule has 1 saturated heterocycles. The quantitative estimate of drug-likeness (QED) is 0.490. The fraction of sp³-hybridized carbons (Fsp3) is 0.192. The molecule has 0 aliphatic carbocycles. The molecule has 1 aliphatic rings. The van der Waals surface area contributed by atoms with Crippen LogP contribution < -0.4 is 9.64 Å². The van der Waals surface area contributed by atoms with Gasteiger partial charge in [0.1, 0.15) is 5.75 Å². The molecule has 1 amide bonds. The third-order valence-electron chi connectivity index (χ3n) is 5.92. The monoisotopic (exact) mass is 424 g/mol. The maximum Gasteiger partial charge on any atom is 0.253 e. The lowest BCUT2D eigenvalue weighted by atomic mass is 10.1. The van der Waals surface area contributed by atoms with Crippen molar-refractivity contribution in [3.8, 4) is 17.0 Å². The van der Waals surface area contributed by atoms with Crippen LogP contribution in [0.25, 0.3) is 22.0 Å². The summed E-state index contributed by atoms with van der Waals surface area (Å²) in [5, 5.41) is 11.1. The zero-order valence-corrected chi connectivity index (χ0v) is 17.9. The average molecular weight is 425 g/mol. The summed E-state index contributed by atoms with van der Waals surface area (Å²) in [6.45, 7) is 2.76. The highest BCUT2D eigenvalue weighted by molar-refractivity contribution is 5.98. The number of nitrogens with zero attached hydrogens (tertiary/aromatic N) is 4. The van der Waals surface area contributed by atoms with Crippen LogP contribution in [0.15, 0.2) is 78.9 Å². The molecule has 32 heavy (non-hydrogen) atoms. The van der Waals surface area contributed by atoms with Crippen LogP contribution in [0.2, 0.25) is 0 Å². The molecule has 3 aromatic carbocycles.